The minimum Gasteiger partial charge on any atom is -0.389 e. The fourth-order valence-electron chi connectivity index (χ4n) is 2.67. The quantitative estimate of drug-likeness (QED) is 0.780. The van der Waals surface area contributed by atoms with Crippen molar-refractivity contribution in [2.45, 2.75) is 59.0 Å². The molecule has 0 saturated carbocycles. The van der Waals surface area contributed by atoms with Gasteiger partial charge in [0.15, 0.2) is 0 Å². The minimum absolute atomic E-state index is 0.454. The zero-order chi connectivity index (χ0) is 12.2. The summed E-state index contributed by atoms with van der Waals surface area (Å²) in [7, 11) is 0. The van der Waals surface area contributed by atoms with E-state index < -0.39 is 5.60 Å². The molecule has 0 aromatic carbocycles. The van der Waals surface area contributed by atoms with Crippen LogP contribution in [0.15, 0.2) is 0 Å². The molecule has 2 nitrogen and oxygen atoms in total. The normalized spacial score (nSPS) is 20.6. The van der Waals surface area contributed by atoms with Gasteiger partial charge >= 0.3 is 0 Å². The van der Waals surface area contributed by atoms with Crippen LogP contribution >= 0.6 is 0 Å². The number of likely N-dealkylation sites (tertiary alicyclic amines) is 1. The fraction of sp³-hybridized carbons (Fsp3) is 1.00. The Morgan fingerprint density at radius 1 is 1.19 bits per heavy atom. The predicted molar refractivity (Wildman–Crippen MR) is 69.5 cm³/mol. The summed E-state index contributed by atoms with van der Waals surface area (Å²) < 4.78 is 0. The Kier molecular flexibility index (Phi) is 5.26. The van der Waals surface area contributed by atoms with E-state index in [1.165, 1.54) is 25.9 Å². The van der Waals surface area contributed by atoms with Gasteiger partial charge in [0.05, 0.1) is 5.60 Å². The van der Waals surface area contributed by atoms with Crippen molar-refractivity contribution in [3.8, 4) is 0 Å². The number of aliphatic hydroxyl groups is 1. The van der Waals surface area contributed by atoms with Gasteiger partial charge in [0.25, 0.3) is 0 Å². The van der Waals surface area contributed by atoms with Gasteiger partial charge in [-0.05, 0) is 50.6 Å². The number of hydrogen-bond donors (Lipinski definition) is 1. The molecule has 16 heavy (non-hydrogen) atoms. The van der Waals surface area contributed by atoms with Crippen LogP contribution in [0.1, 0.15) is 53.4 Å². The number of piperidine rings is 1. The number of rotatable bonds is 5. The maximum absolute atomic E-state index is 10.3. The number of β-amino-alcohol motifs (C(OH)–C–C–N with tert-alkyl or cyclic N) is 1. The lowest BCUT2D eigenvalue weighted by atomic mass is 9.86. The van der Waals surface area contributed by atoms with Gasteiger partial charge in [0.1, 0.15) is 0 Å². The van der Waals surface area contributed by atoms with E-state index in [0.717, 1.165) is 31.2 Å². The Bertz CT molecular complexity index is 191. The first-order chi connectivity index (χ1) is 7.50. The smallest absolute Gasteiger partial charge is 0.0768 e. The molecule has 0 bridgehead atoms. The monoisotopic (exact) mass is 227 g/mol. The van der Waals surface area contributed by atoms with Gasteiger partial charge in [0.2, 0.25) is 0 Å². The molecule has 1 aliphatic heterocycles. The highest BCUT2D eigenvalue weighted by Crippen LogP contribution is 2.26. The van der Waals surface area contributed by atoms with Crippen LogP contribution in [0.5, 0.6) is 0 Å². The molecule has 2 heteroatoms. The SMILES string of the molecule is CCC(O)(CC)CN1CCC(C(C)C)CC1. The molecule has 0 radical (unpaired) electrons. The molecule has 1 rings (SSSR count). The van der Waals surface area contributed by atoms with Crippen LogP contribution in [0.4, 0.5) is 0 Å². The number of hydrogen-bond acceptors (Lipinski definition) is 2. The highest BCUT2D eigenvalue weighted by atomic mass is 16.3. The van der Waals surface area contributed by atoms with Gasteiger partial charge in [-0.3, -0.25) is 0 Å². The van der Waals surface area contributed by atoms with Crippen LogP contribution in [-0.2, 0) is 0 Å². The van der Waals surface area contributed by atoms with Crippen molar-refractivity contribution in [2.24, 2.45) is 11.8 Å². The zero-order valence-electron chi connectivity index (χ0n) is 11.5. The van der Waals surface area contributed by atoms with Crippen molar-refractivity contribution in [3.05, 3.63) is 0 Å². The van der Waals surface area contributed by atoms with Crippen LogP contribution in [0.25, 0.3) is 0 Å². The summed E-state index contributed by atoms with van der Waals surface area (Å²) in [5.74, 6) is 1.71. The largest absolute Gasteiger partial charge is 0.389 e. The average molecular weight is 227 g/mol. The van der Waals surface area contributed by atoms with Gasteiger partial charge in [-0.1, -0.05) is 27.7 Å². The Morgan fingerprint density at radius 2 is 1.69 bits per heavy atom. The minimum atomic E-state index is -0.454. The third kappa shape index (κ3) is 3.74. The molecule has 1 saturated heterocycles. The molecule has 0 spiro atoms. The molecule has 0 amide bonds. The average Bonchev–Trinajstić information content (AvgIpc) is 2.29. The molecule has 1 fully saturated rings. The number of nitrogens with zero attached hydrogens (tertiary/aromatic N) is 1. The van der Waals surface area contributed by atoms with E-state index in [9.17, 15) is 5.11 Å². The van der Waals surface area contributed by atoms with Crippen LogP contribution in [-0.4, -0.2) is 35.2 Å². The summed E-state index contributed by atoms with van der Waals surface area (Å²) in [6.45, 7) is 12.0. The summed E-state index contributed by atoms with van der Waals surface area (Å²) in [5.41, 5.74) is -0.454. The van der Waals surface area contributed by atoms with Gasteiger partial charge in [0, 0.05) is 6.54 Å². The van der Waals surface area contributed by atoms with Crippen LogP contribution in [0, 0.1) is 11.8 Å². The molecule has 0 atom stereocenters. The lowest BCUT2D eigenvalue weighted by molar-refractivity contribution is -0.0133. The molecule has 1 heterocycles. The third-order valence-electron chi connectivity index (χ3n) is 4.41. The van der Waals surface area contributed by atoms with E-state index in [0.29, 0.717) is 0 Å². The van der Waals surface area contributed by atoms with Crippen LogP contribution in [0.2, 0.25) is 0 Å². The van der Waals surface area contributed by atoms with Crippen molar-refractivity contribution >= 4 is 0 Å². The molecular weight excluding hydrogens is 198 g/mol. The summed E-state index contributed by atoms with van der Waals surface area (Å²) in [5, 5.41) is 10.3. The van der Waals surface area contributed by atoms with Crippen LogP contribution in [0.3, 0.4) is 0 Å². The lowest BCUT2D eigenvalue weighted by Gasteiger charge is -2.38. The molecule has 0 aliphatic carbocycles. The van der Waals surface area contributed by atoms with Gasteiger partial charge in [-0.2, -0.15) is 0 Å². The standard InChI is InChI=1S/C14H29NO/c1-5-14(16,6-2)11-15-9-7-13(8-10-15)12(3)4/h12-13,16H,5-11H2,1-4H3. The molecule has 0 aromatic rings. The Labute approximate surface area is 101 Å². The summed E-state index contributed by atoms with van der Waals surface area (Å²) in [6.07, 6.45) is 4.35. The second kappa shape index (κ2) is 6.02. The van der Waals surface area contributed by atoms with Gasteiger partial charge in [-0.15, -0.1) is 0 Å². The van der Waals surface area contributed by atoms with Crippen molar-refractivity contribution in [2.75, 3.05) is 19.6 Å². The Morgan fingerprint density at radius 3 is 2.06 bits per heavy atom. The Hall–Kier alpha value is -0.0800. The van der Waals surface area contributed by atoms with E-state index in [1.54, 1.807) is 0 Å². The molecule has 0 aromatic heterocycles. The zero-order valence-corrected chi connectivity index (χ0v) is 11.5. The third-order valence-corrected chi connectivity index (χ3v) is 4.41. The molecule has 96 valence electrons. The summed E-state index contributed by atoms with van der Waals surface area (Å²) in [4.78, 5) is 2.45. The summed E-state index contributed by atoms with van der Waals surface area (Å²) in [6, 6.07) is 0. The van der Waals surface area contributed by atoms with E-state index in [2.05, 4.69) is 32.6 Å². The van der Waals surface area contributed by atoms with Gasteiger partial charge < -0.3 is 10.0 Å². The first-order valence-electron chi connectivity index (χ1n) is 6.95. The van der Waals surface area contributed by atoms with E-state index in [1.807, 2.05) is 0 Å². The van der Waals surface area contributed by atoms with Crippen molar-refractivity contribution < 1.29 is 5.11 Å². The van der Waals surface area contributed by atoms with E-state index in [-0.39, 0.29) is 0 Å². The fourth-order valence-corrected chi connectivity index (χ4v) is 2.67. The first kappa shape index (κ1) is 14.0. The molecule has 1 aliphatic rings. The predicted octanol–water partition coefficient (Wildman–Crippen LogP) is 2.91. The topological polar surface area (TPSA) is 23.5 Å². The maximum atomic E-state index is 10.3. The van der Waals surface area contributed by atoms with E-state index >= 15 is 0 Å². The van der Waals surface area contributed by atoms with Gasteiger partial charge in [-0.25, -0.2) is 0 Å². The molecule has 1 N–H and O–H groups in total. The lowest BCUT2D eigenvalue weighted by Crippen LogP contribution is -2.46. The first-order valence-corrected chi connectivity index (χ1v) is 6.95. The second-order valence-corrected chi connectivity index (χ2v) is 5.79. The molecular formula is C14H29NO. The second-order valence-electron chi connectivity index (χ2n) is 5.79. The van der Waals surface area contributed by atoms with E-state index in [4.69, 9.17) is 0 Å². The summed E-state index contributed by atoms with van der Waals surface area (Å²) >= 11 is 0. The van der Waals surface area contributed by atoms with Crippen molar-refractivity contribution in [1.29, 1.82) is 0 Å². The molecule has 0 unspecified atom stereocenters. The highest BCUT2D eigenvalue weighted by Gasteiger charge is 2.28. The maximum Gasteiger partial charge on any atom is 0.0768 e. The van der Waals surface area contributed by atoms with Crippen molar-refractivity contribution in [3.63, 3.8) is 0 Å². The highest BCUT2D eigenvalue weighted by molar-refractivity contribution is 4.83. The Balaban J connectivity index is 2.37. The van der Waals surface area contributed by atoms with Crippen molar-refractivity contribution in [1.82, 2.24) is 4.90 Å². The van der Waals surface area contributed by atoms with Crippen LogP contribution < -0.4 is 0 Å².